The molecule has 0 aliphatic rings. The minimum absolute atomic E-state index is 0.580. The Labute approximate surface area is 79.4 Å². The lowest BCUT2D eigenvalue weighted by Gasteiger charge is -2.02. The van der Waals surface area contributed by atoms with Gasteiger partial charge in [0.25, 0.3) is 0 Å². The van der Waals surface area contributed by atoms with E-state index in [1.807, 2.05) is 18.2 Å². The Bertz CT molecular complexity index is 271. The minimum Gasteiger partial charge on any atom is -0.380 e. The van der Waals surface area contributed by atoms with Crippen LogP contribution in [0, 0.1) is 12.3 Å². The van der Waals surface area contributed by atoms with E-state index in [9.17, 15) is 0 Å². The second-order valence-electron chi connectivity index (χ2n) is 3.06. The molecule has 0 aliphatic carbocycles. The number of terminal acetylenes is 1. The third kappa shape index (κ3) is 3.78. The lowest BCUT2D eigenvalue weighted by molar-refractivity contribution is 0.219. The number of rotatable bonds is 4. The third-order valence-corrected chi connectivity index (χ3v) is 1.98. The summed E-state index contributed by atoms with van der Waals surface area (Å²) in [6.45, 7) is 0. The maximum atomic E-state index is 9.10. The van der Waals surface area contributed by atoms with E-state index in [1.165, 1.54) is 5.56 Å². The van der Waals surface area contributed by atoms with Gasteiger partial charge < -0.3 is 5.11 Å². The fourth-order valence-corrected chi connectivity index (χ4v) is 1.23. The summed E-state index contributed by atoms with van der Waals surface area (Å²) >= 11 is 0. The monoisotopic (exact) mass is 174 g/mol. The summed E-state index contributed by atoms with van der Waals surface area (Å²) in [7, 11) is 0. The van der Waals surface area contributed by atoms with E-state index < -0.39 is 6.10 Å². The summed E-state index contributed by atoms with van der Waals surface area (Å²) in [5.41, 5.74) is 1.30. The van der Waals surface area contributed by atoms with Crippen molar-refractivity contribution in [1.29, 1.82) is 0 Å². The predicted octanol–water partition coefficient (Wildman–Crippen LogP) is 2.00. The van der Waals surface area contributed by atoms with Crippen molar-refractivity contribution in [2.75, 3.05) is 0 Å². The molecule has 0 amide bonds. The Kier molecular flexibility index (Phi) is 4.08. The van der Waals surface area contributed by atoms with E-state index in [2.05, 4.69) is 18.1 Å². The van der Waals surface area contributed by atoms with Crippen molar-refractivity contribution in [2.45, 2.75) is 25.4 Å². The average Bonchev–Trinajstić information content (AvgIpc) is 2.19. The molecular weight excluding hydrogens is 160 g/mol. The van der Waals surface area contributed by atoms with Crippen LogP contribution < -0.4 is 0 Å². The molecule has 0 fully saturated rings. The van der Waals surface area contributed by atoms with Crippen LogP contribution in [0.3, 0.4) is 0 Å². The quantitative estimate of drug-likeness (QED) is 0.692. The van der Waals surface area contributed by atoms with E-state index in [4.69, 9.17) is 11.5 Å². The second-order valence-corrected chi connectivity index (χ2v) is 3.06. The molecule has 0 aliphatic heterocycles. The number of aryl methyl sites for hydroxylation is 1. The van der Waals surface area contributed by atoms with E-state index in [1.54, 1.807) is 0 Å². The molecule has 1 atom stereocenters. The molecule has 0 aromatic heterocycles. The van der Waals surface area contributed by atoms with E-state index in [-0.39, 0.29) is 0 Å². The van der Waals surface area contributed by atoms with Gasteiger partial charge in [0.05, 0.1) is 0 Å². The van der Waals surface area contributed by atoms with Crippen LogP contribution in [0.1, 0.15) is 18.4 Å². The smallest absolute Gasteiger partial charge is 0.114 e. The zero-order chi connectivity index (χ0) is 9.52. The van der Waals surface area contributed by atoms with Crippen molar-refractivity contribution in [3.63, 3.8) is 0 Å². The molecule has 1 aromatic rings. The summed E-state index contributed by atoms with van der Waals surface area (Å²) in [6.07, 6.45) is 7.08. The molecule has 1 N–H and O–H groups in total. The molecule has 1 rings (SSSR count). The Morgan fingerprint density at radius 2 is 2.00 bits per heavy atom. The van der Waals surface area contributed by atoms with Gasteiger partial charge in [0.15, 0.2) is 0 Å². The van der Waals surface area contributed by atoms with Gasteiger partial charge in [0.1, 0.15) is 6.10 Å². The fraction of sp³-hybridized carbons (Fsp3) is 0.333. The summed E-state index contributed by atoms with van der Waals surface area (Å²) in [6, 6.07) is 10.2. The van der Waals surface area contributed by atoms with E-state index >= 15 is 0 Å². The highest BCUT2D eigenvalue weighted by atomic mass is 16.3. The molecule has 0 heterocycles. The number of hydrogen-bond acceptors (Lipinski definition) is 1. The van der Waals surface area contributed by atoms with Crippen LogP contribution in [-0.2, 0) is 6.42 Å². The number of aliphatic hydroxyl groups is 1. The van der Waals surface area contributed by atoms with Gasteiger partial charge in [0.2, 0.25) is 0 Å². The van der Waals surface area contributed by atoms with Crippen LogP contribution in [0.5, 0.6) is 0 Å². The fourth-order valence-electron chi connectivity index (χ4n) is 1.23. The summed E-state index contributed by atoms with van der Waals surface area (Å²) in [5.74, 6) is 2.31. The van der Waals surface area contributed by atoms with Gasteiger partial charge in [-0.2, -0.15) is 0 Å². The third-order valence-electron chi connectivity index (χ3n) is 1.98. The highest BCUT2D eigenvalue weighted by Gasteiger charge is 1.98. The summed E-state index contributed by atoms with van der Waals surface area (Å²) < 4.78 is 0. The van der Waals surface area contributed by atoms with Gasteiger partial charge in [-0.15, -0.1) is 6.42 Å². The largest absolute Gasteiger partial charge is 0.380 e. The van der Waals surface area contributed by atoms with Crippen molar-refractivity contribution >= 4 is 0 Å². The Morgan fingerprint density at radius 1 is 1.31 bits per heavy atom. The molecule has 1 unspecified atom stereocenters. The normalized spacial score (nSPS) is 12.0. The molecule has 1 nitrogen and oxygen atoms in total. The number of hydrogen-bond donors (Lipinski definition) is 1. The Morgan fingerprint density at radius 3 is 2.62 bits per heavy atom. The van der Waals surface area contributed by atoms with Crippen LogP contribution >= 0.6 is 0 Å². The van der Waals surface area contributed by atoms with Crippen LogP contribution in [-0.4, -0.2) is 11.2 Å². The summed E-state index contributed by atoms with van der Waals surface area (Å²) in [4.78, 5) is 0. The lowest BCUT2D eigenvalue weighted by Crippen LogP contribution is -2.02. The van der Waals surface area contributed by atoms with Crippen molar-refractivity contribution in [2.24, 2.45) is 0 Å². The highest BCUT2D eigenvalue weighted by Crippen LogP contribution is 2.05. The first-order valence-electron chi connectivity index (χ1n) is 4.51. The molecule has 13 heavy (non-hydrogen) atoms. The van der Waals surface area contributed by atoms with Crippen molar-refractivity contribution in [3.8, 4) is 12.3 Å². The number of benzene rings is 1. The minimum atomic E-state index is -0.580. The lowest BCUT2D eigenvalue weighted by atomic mass is 10.1. The summed E-state index contributed by atoms with van der Waals surface area (Å²) in [5, 5.41) is 9.10. The van der Waals surface area contributed by atoms with Gasteiger partial charge in [-0.1, -0.05) is 36.3 Å². The van der Waals surface area contributed by atoms with Gasteiger partial charge in [-0.3, -0.25) is 0 Å². The molecule has 68 valence electrons. The first kappa shape index (κ1) is 9.83. The van der Waals surface area contributed by atoms with Crippen LogP contribution in [0.15, 0.2) is 30.3 Å². The van der Waals surface area contributed by atoms with E-state index in [0.29, 0.717) is 6.42 Å². The highest BCUT2D eigenvalue weighted by molar-refractivity contribution is 5.14. The first-order chi connectivity index (χ1) is 6.33. The van der Waals surface area contributed by atoms with Crippen molar-refractivity contribution in [3.05, 3.63) is 35.9 Å². The molecule has 0 spiro atoms. The van der Waals surface area contributed by atoms with Gasteiger partial charge >= 0.3 is 0 Å². The van der Waals surface area contributed by atoms with Crippen LogP contribution in [0.2, 0.25) is 0 Å². The van der Waals surface area contributed by atoms with Crippen LogP contribution in [0.4, 0.5) is 0 Å². The first-order valence-corrected chi connectivity index (χ1v) is 4.51. The molecule has 0 bridgehead atoms. The molecule has 0 saturated heterocycles. The number of aliphatic hydroxyl groups excluding tert-OH is 1. The zero-order valence-electron chi connectivity index (χ0n) is 7.61. The van der Waals surface area contributed by atoms with Crippen LogP contribution in [0.25, 0.3) is 0 Å². The molecule has 0 radical (unpaired) electrons. The Hall–Kier alpha value is -1.26. The topological polar surface area (TPSA) is 20.2 Å². The SMILES string of the molecule is C#CC(O)CCCc1ccccc1. The maximum absolute atomic E-state index is 9.10. The Balaban J connectivity index is 2.25. The molecule has 1 heteroatoms. The predicted molar refractivity (Wildman–Crippen MR) is 54.2 cm³/mol. The van der Waals surface area contributed by atoms with Crippen molar-refractivity contribution < 1.29 is 5.11 Å². The second kappa shape index (κ2) is 5.40. The molecular formula is C12H14O. The van der Waals surface area contributed by atoms with Gasteiger partial charge in [0, 0.05) is 0 Å². The zero-order valence-corrected chi connectivity index (χ0v) is 7.61. The standard InChI is InChI=1S/C12H14O/c1-2-12(13)10-6-9-11-7-4-3-5-8-11/h1,3-5,7-8,12-13H,6,9-10H2. The van der Waals surface area contributed by atoms with Gasteiger partial charge in [-0.25, -0.2) is 0 Å². The van der Waals surface area contributed by atoms with Gasteiger partial charge in [-0.05, 0) is 24.8 Å². The maximum Gasteiger partial charge on any atom is 0.114 e. The molecule has 0 saturated carbocycles. The molecule has 1 aromatic carbocycles. The average molecular weight is 174 g/mol. The van der Waals surface area contributed by atoms with Crippen molar-refractivity contribution in [1.82, 2.24) is 0 Å². The van der Waals surface area contributed by atoms with E-state index in [0.717, 1.165) is 12.8 Å².